The Balaban J connectivity index is 1.41. The van der Waals surface area contributed by atoms with Gasteiger partial charge in [-0.2, -0.15) is 18.3 Å². The molecule has 174 valence electrons. The number of amides is 1. The van der Waals surface area contributed by atoms with Gasteiger partial charge in [0.25, 0.3) is 0 Å². The summed E-state index contributed by atoms with van der Waals surface area (Å²) < 4.78 is 70.1. The van der Waals surface area contributed by atoms with Gasteiger partial charge in [0.05, 0.1) is 46.8 Å². The van der Waals surface area contributed by atoms with E-state index >= 15 is 8.78 Å². The fraction of sp³-hybridized carbons (Fsp3) is 0.261. The van der Waals surface area contributed by atoms with Crippen molar-refractivity contribution >= 4 is 22.6 Å². The number of imidazole rings is 1. The number of H-pyrrole nitrogens is 1. The Morgan fingerprint density at radius 3 is 2.41 bits per heavy atom. The average Bonchev–Trinajstić information content (AvgIpc) is 3.26. The fourth-order valence-corrected chi connectivity index (χ4v) is 4.69. The van der Waals surface area contributed by atoms with Gasteiger partial charge in [0.15, 0.2) is 0 Å². The molecule has 2 fully saturated rings. The molecule has 11 heteroatoms. The number of nitrogens with zero attached hydrogens (tertiary/aromatic N) is 4. The number of β-lactam (4-membered cyclic amide) rings is 1. The van der Waals surface area contributed by atoms with Crippen molar-refractivity contribution in [3.8, 4) is 5.69 Å². The van der Waals surface area contributed by atoms with Crippen LogP contribution < -0.4 is 4.90 Å². The number of aromatic nitrogens is 4. The molecule has 2 unspecified atom stereocenters. The number of carbonyl (C=O) groups excluding carboxylic acids is 1. The molecule has 4 aromatic rings. The Bertz CT molecular complexity index is 1410. The summed E-state index contributed by atoms with van der Waals surface area (Å²) in [5.74, 6) is -2.63. The molecule has 0 radical (unpaired) electrons. The van der Waals surface area contributed by atoms with Crippen molar-refractivity contribution in [3.63, 3.8) is 0 Å². The van der Waals surface area contributed by atoms with Crippen molar-refractivity contribution in [1.29, 1.82) is 0 Å². The number of fused-ring (bicyclic) bond motifs is 1. The van der Waals surface area contributed by atoms with Gasteiger partial charge in [0.2, 0.25) is 5.91 Å². The molecule has 1 saturated carbocycles. The van der Waals surface area contributed by atoms with E-state index in [2.05, 4.69) is 15.1 Å². The van der Waals surface area contributed by atoms with Crippen molar-refractivity contribution in [2.45, 2.75) is 25.1 Å². The van der Waals surface area contributed by atoms with Crippen LogP contribution in [0.4, 0.5) is 27.6 Å². The number of rotatable bonds is 4. The zero-order chi connectivity index (χ0) is 23.8. The van der Waals surface area contributed by atoms with Crippen molar-refractivity contribution in [1.82, 2.24) is 19.7 Å². The van der Waals surface area contributed by atoms with Crippen molar-refractivity contribution in [2.24, 2.45) is 11.8 Å². The summed E-state index contributed by atoms with van der Waals surface area (Å²) in [5, 5.41) is 3.58. The van der Waals surface area contributed by atoms with Crippen molar-refractivity contribution < 1.29 is 26.7 Å². The zero-order valence-electron chi connectivity index (χ0n) is 17.4. The van der Waals surface area contributed by atoms with Gasteiger partial charge in [0, 0.05) is 29.6 Å². The number of aromatic amines is 1. The molecule has 3 heterocycles. The van der Waals surface area contributed by atoms with E-state index in [9.17, 15) is 18.0 Å². The second-order valence-corrected chi connectivity index (χ2v) is 8.61. The van der Waals surface area contributed by atoms with Crippen molar-refractivity contribution in [2.75, 3.05) is 4.90 Å². The van der Waals surface area contributed by atoms with E-state index in [4.69, 9.17) is 0 Å². The lowest BCUT2D eigenvalue weighted by Gasteiger charge is -2.48. The van der Waals surface area contributed by atoms with Crippen LogP contribution in [0.15, 0.2) is 49.1 Å². The predicted octanol–water partition coefficient (Wildman–Crippen LogP) is 5.16. The first-order valence-corrected chi connectivity index (χ1v) is 10.6. The van der Waals surface area contributed by atoms with Gasteiger partial charge in [-0.1, -0.05) is 0 Å². The number of anilines is 1. The predicted molar refractivity (Wildman–Crippen MR) is 111 cm³/mol. The molecule has 1 amide bonds. The molecule has 1 N–H and O–H groups in total. The highest BCUT2D eigenvalue weighted by molar-refractivity contribution is 6.04. The van der Waals surface area contributed by atoms with Gasteiger partial charge in [0.1, 0.15) is 11.6 Å². The van der Waals surface area contributed by atoms with Crippen LogP contribution in [0.3, 0.4) is 0 Å². The fourth-order valence-electron chi connectivity index (χ4n) is 4.69. The maximum absolute atomic E-state index is 15.3. The molecule has 2 aromatic heterocycles. The number of halogens is 5. The first-order valence-electron chi connectivity index (χ1n) is 10.6. The molecule has 2 aromatic carbocycles. The smallest absolute Gasteiger partial charge is 0.345 e. The molecule has 1 aliphatic carbocycles. The largest absolute Gasteiger partial charge is 0.419 e. The molecular formula is C23H16F5N5O. The zero-order valence-corrected chi connectivity index (χ0v) is 17.4. The summed E-state index contributed by atoms with van der Waals surface area (Å²) in [6, 6.07) is 6.09. The maximum Gasteiger partial charge on any atom is 0.419 e. The van der Waals surface area contributed by atoms with Gasteiger partial charge < -0.3 is 9.88 Å². The van der Waals surface area contributed by atoms with Crippen LogP contribution in [-0.4, -0.2) is 25.7 Å². The summed E-state index contributed by atoms with van der Waals surface area (Å²) in [6.07, 6.45) is -0.265. The number of alkyl halides is 3. The van der Waals surface area contributed by atoms with E-state index in [1.807, 2.05) is 0 Å². The lowest BCUT2D eigenvalue weighted by atomic mass is 9.78. The number of nitrogens with one attached hydrogen (secondary N) is 1. The number of benzene rings is 2. The molecule has 0 spiro atoms. The van der Waals surface area contributed by atoms with E-state index in [1.165, 1.54) is 11.2 Å². The maximum atomic E-state index is 15.3. The lowest BCUT2D eigenvalue weighted by molar-refractivity contribution is -0.137. The minimum absolute atomic E-state index is 0.0450. The molecule has 6 rings (SSSR count). The van der Waals surface area contributed by atoms with Gasteiger partial charge >= 0.3 is 6.18 Å². The number of hydrogen-bond acceptors (Lipinski definition) is 3. The Morgan fingerprint density at radius 2 is 1.76 bits per heavy atom. The number of carbonyl (C=O) groups is 1. The van der Waals surface area contributed by atoms with Crippen LogP contribution in [0.25, 0.3) is 16.7 Å². The van der Waals surface area contributed by atoms with Gasteiger partial charge in [-0.15, -0.1) is 0 Å². The topological polar surface area (TPSA) is 66.8 Å². The van der Waals surface area contributed by atoms with Crippen LogP contribution >= 0.6 is 0 Å². The molecule has 0 bridgehead atoms. The summed E-state index contributed by atoms with van der Waals surface area (Å²) in [6.45, 7) is 0. The van der Waals surface area contributed by atoms with E-state index < -0.39 is 35.3 Å². The minimum Gasteiger partial charge on any atom is -0.345 e. The van der Waals surface area contributed by atoms with Crippen LogP contribution in [-0.2, 0) is 11.0 Å². The second-order valence-electron chi connectivity index (χ2n) is 8.61. The van der Waals surface area contributed by atoms with E-state index in [1.54, 1.807) is 18.2 Å². The van der Waals surface area contributed by atoms with Gasteiger partial charge in [-0.3, -0.25) is 4.79 Å². The van der Waals surface area contributed by atoms with Crippen molar-refractivity contribution in [3.05, 3.63) is 71.8 Å². The summed E-state index contributed by atoms with van der Waals surface area (Å²) in [7, 11) is 0. The Morgan fingerprint density at radius 1 is 1.03 bits per heavy atom. The highest BCUT2D eigenvalue weighted by Gasteiger charge is 2.56. The first-order chi connectivity index (χ1) is 16.2. The highest BCUT2D eigenvalue weighted by atomic mass is 19.4. The molecule has 34 heavy (non-hydrogen) atoms. The Hall–Kier alpha value is -3.76. The second kappa shape index (κ2) is 7.12. The lowest BCUT2D eigenvalue weighted by Crippen LogP contribution is -2.56. The minimum atomic E-state index is -4.63. The summed E-state index contributed by atoms with van der Waals surface area (Å²) in [5.41, 5.74) is 0.339. The van der Waals surface area contributed by atoms with E-state index in [0.717, 1.165) is 29.7 Å². The van der Waals surface area contributed by atoms with Gasteiger partial charge in [-0.05, 0) is 37.0 Å². The Kier molecular flexibility index (Phi) is 4.36. The Labute approximate surface area is 189 Å². The third kappa shape index (κ3) is 3.17. The monoisotopic (exact) mass is 473 g/mol. The average molecular weight is 473 g/mol. The van der Waals surface area contributed by atoms with Crippen LogP contribution in [0.2, 0.25) is 0 Å². The molecule has 1 saturated heterocycles. The quantitative estimate of drug-likeness (QED) is 0.329. The third-order valence-corrected chi connectivity index (χ3v) is 6.49. The summed E-state index contributed by atoms with van der Waals surface area (Å²) in [4.78, 5) is 21.5. The molecular weight excluding hydrogens is 457 g/mol. The highest BCUT2D eigenvalue weighted by Crippen LogP contribution is 2.55. The molecule has 6 nitrogen and oxygen atoms in total. The van der Waals surface area contributed by atoms with Gasteiger partial charge in [-0.25, -0.2) is 18.4 Å². The number of hydrogen-bond donors (Lipinski definition) is 1. The SMILES string of the molecule is O=C1C(C2CC2)C(c2c(F)cc(-n3cc(C(F)(F)F)cn3)cc2F)N1c1ccc2nc[nH]c2c1. The van der Waals surface area contributed by atoms with Crippen LogP contribution in [0.1, 0.15) is 30.0 Å². The molecule has 2 atom stereocenters. The van der Waals surface area contributed by atoms with E-state index in [0.29, 0.717) is 29.1 Å². The van der Waals surface area contributed by atoms with Crippen LogP contribution in [0.5, 0.6) is 0 Å². The van der Waals surface area contributed by atoms with E-state index in [-0.39, 0.29) is 23.1 Å². The molecule has 1 aliphatic heterocycles. The third-order valence-electron chi connectivity index (χ3n) is 6.49. The summed E-state index contributed by atoms with van der Waals surface area (Å²) >= 11 is 0. The van der Waals surface area contributed by atoms with Crippen LogP contribution in [0, 0.1) is 23.5 Å². The first kappa shape index (κ1) is 20.8. The molecule has 2 aliphatic rings. The normalized spacial score (nSPS) is 20.7. The standard InChI is InChI=1S/C23H16F5N5O/c24-15-5-14(32-9-12(8-31-32)23(26,27)28)6-16(25)20(15)21-19(11-1-2-11)22(34)33(21)13-3-4-17-18(7-13)30-10-29-17/h3-11,19,21H,1-2H2,(H,29,30).